The van der Waals surface area contributed by atoms with Crippen LogP contribution < -0.4 is 0 Å². The van der Waals surface area contributed by atoms with Gasteiger partial charge in [-0.05, 0) is 25.0 Å². The Morgan fingerprint density at radius 3 is 2.33 bits per heavy atom. The fourth-order valence-electron chi connectivity index (χ4n) is 1.68. The Morgan fingerprint density at radius 1 is 1.27 bits per heavy atom. The van der Waals surface area contributed by atoms with Gasteiger partial charge in [0.25, 0.3) is 0 Å². The highest BCUT2D eigenvalue weighted by Gasteiger charge is 2.63. The Labute approximate surface area is 84.8 Å². The van der Waals surface area contributed by atoms with Crippen LogP contribution >= 0.6 is 0 Å². The second-order valence-corrected chi connectivity index (χ2v) is 3.75. The first-order valence-electron chi connectivity index (χ1n) is 4.67. The molecule has 1 aromatic heterocycles. The lowest BCUT2D eigenvalue weighted by molar-refractivity contribution is -0.277. The van der Waals surface area contributed by atoms with E-state index in [9.17, 15) is 18.3 Å². The Hall–Kier alpha value is -1.10. The topological polar surface area (TPSA) is 33.1 Å². The van der Waals surface area contributed by atoms with Crippen LogP contribution in [0, 0.1) is 5.92 Å². The number of nitrogens with zero attached hydrogens (tertiary/aromatic N) is 1. The molecule has 82 valence electrons. The minimum atomic E-state index is -4.66. The van der Waals surface area contributed by atoms with E-state index in [2.05, 4.69) is 4.98 Å². The van der Waals surface area contributed by atoms with Gasteiger partial charge in [0, 0.05) is 12.1 Å². The van der Waals surface area contributed by atoms with Gasteiger partial charge in [-0.3, -0.25) is 4.98 Å². The van der Waals surface area contributed by atoms with Crippen LogP contribution in [-0.2, 0) is 5.60 Å². The van der Waals surface area contributed by atoms with E-state index in [-0.39, 0.29) is 5.69 Å². The van der Waals surface area contributed by atoms with Crippen LogP contribution in [0.2, 0.25) is 0 Å². The van der Waals surface area contributed by atoms with Crippen molar-refractivity contribution in [1.29, 1.82) is 0 Å². The molecule has 1 saturated carbocycles. The van der Waals surface area contributed by atoms with Crippen LogP contribution in [-0.4, -0.2) is 16.3 Å². The molecule has 0 amide bonds. The van der Waals surface area contributed by atoms with Crippen molar-refractivity contribution < 1.29 is 18.3 Å². The summed E-state index contributed by atoms with van der Waals surface area (Å²) in [7, 11) is 0. The number of halogens is 3. The molecule has 1 heterocycles. The molecule has 1 aliphatic rings. The van der Waals surface area contributed by atoms with E-state index in [1.54, 1.807) is 0 Å². The van der Waals surface area contributed by atoms with E-state index in [1.165, 1.54) is 24.4 Å². The summed E-state index contributed by atoms with van der Waals surface area (Å²) >= 11 is 0. The average molecular weight is 217 g/mol. The van der Waals surface area contributed by atoms with Gasteiger partial charge < -0.3 is 5.11 Å². The van der Waals surface area contributed by atoms with E-state index < -0.39 is 17.7 Å². The normalized spacial score (nSPS) is 21.1. The standard InChI is InChI=1S/C10H10F3NO/c11-10(12,13)9(15,7-4-5-7)8-3-1-2-6-14-8/h1-3,6-7,15H,4-5H2. The van der Waals surface area contributed by atoms with Crippen LogP contribution in [0.15, 0.2) is 24.4 Å². The van der Waals surface area contributed by atoms with Gasteiger partial charge in [-0.1, -0.05) is 6.07 Å². The van der Waals surface area contributed by atoms with Gasteiger partial charge in [0.05, 0.1) is 5.69 Å². The first-order chi connectivity index (χ1) is 6.96. The van der Waals surface area contributed by atoms with Crippen molar-refractivity contribution in [2.45, 2.75) is 24.6 Å². The molecule has 0 radical (unpaired) electrons. The van der Waals surface area contributed by atoms with Gasteiger partial charge >= 0.3 is 6.18 Å². The van der Waals surface area contributed by atoms with Crippen molar-refractivity contribution in [3.05, 3.63) is 30.1 Å². The molecule has 1 atom stereocenters. The molecule has 15 heavy (non-hydrogen) atoms. The third kappa shape index (κ3) is 1.61. The number of rotatable bonds is 2. The zero-order valence-corrected chi connectivity index (χ0v) is 7.83. The molecule has 2 rings (SSSR count). The lowest BCUT2D eigenvalue weighted by Gasteiger charge is -2.29. The van der Waals surface area contributed by atoms with Gasteiger partial charge in [0.1, 0.15) is 0 Å². The first kappa shape index (κ1) is 10.4. The largest absolute Gasteiger partial charge is 0.423 e. The molecule has 1 aliphatic carbocycles. The maximum absolute atomic E-state index is 12.8. The summed E-state index contributed by atoms with van der Waals surface area (Å²) in [4.78, 5) is 3.61. The highest BCUT2D eigenvalue weighted by atomic mass is 19.4. The van der Waals surface area contributed by atoms with Gasteiger partial charge in [-0.15, -0.1) is 0 Å². The first-order valence-corrected chi connectivity index (χ1v) is 4.67. The molecule has 1 unspecified atom stereocenters. The summed E-state index contributed by atoms with van der Waals surface area (Å²) in [6.07, 6.45) is -2.61. The Morgan fingerprint density at radius 2 is 1.93 bits per heavy atom. The fourth-order valence-corrected chi connectivity index (χ4v) is 1.68. The molecular weight excluding hydrogens is 207 g/mol. The smallest absolute Gasteiger partial charge is 0.375 e. The van der Waals surface area contributed by atoms with Gasteiger partial charge in [0.15, 0.2) is 0 Å². The number of aliphatic hydroxyl groups is 1. The van der Waals surface area contributed by atoms with Crippen LogP contribution in [0.25, 0.3) is 0 Å². The molecule has 2 nitrogen and oxygen atoms in total. The number of aromatic nitrogens is 1. The molecule has 5 heteroatoms. The maximum Gasteiger partial charge on any atom is 0.423 e. The second kappa shape index (κ2) is 3.20. The van der Waals surface area contributed by atoms with Crippen molar-refractivity contribution in [3.8, 4) is 0 Å². The number of hydrogen-bond donors (Lipinski definition) is 1. The highest BCUT2D eigenvalue weighted by Crippen LogP contribution is 2.53. The minimum Gasteiger partial charge on any atom is -0.375 e. The predicted octanol–water partition coefficient (Wildman–Crippen LogP) is 2.24. The number of pyridine rings is 1. The fraction of sp³-hybridized carbons (Fsp3) is 0.500. The van der Waals surface area contributed by atoms with Crippen LogP contribution in [0.4, 0.5) is 13.2 Å². The summed E-state index contributed by atoms with van der Waals surface area (Å²) in [5.41, 5.74) is -3.08. The quantitative estimate of drug-likeness (QED) is 0.824. The highest BCUT2D eigenvalue weighted by molar-refractivity contribution is 5.19. The van der Waals surface area contributed by atoms with Crippen LogP contribution in [0.3, 0.4) is 0 Å². The molecule has 1 N–H and O–H groups in total. The van der Waals surface area contributed by atoms with Crippen molar-refractivity contribution >= 4 is 0 Å². The third-order valence-electron chi connectivity index (χ3n) is 2.66. The van der Waals surface area contributed by atoms with E-state index in [0.717, 1.165) is 0 Å². The molecule has 0 saturated heterocycles. The third-order valence-corrected chi connectivity index (χ3v) is 2.66. The van der Waals surface area contributed by atoms with Crippen LogP contribution in [0.5, 0.6) is 0 Å². The number of alkyl halides is 3. The van der Waals surface area contributed by atoms with Crippen molar-refractivity contribution in [2.24, 2.45) is 5.92 Å². The SMILES string of the molecule is OC(c1ccccn1)(C1CC1)C(F)(F)F. The summed E-state index contributed by atoms with van der Waals surface area (Å²) in [5.74, 6) is -0.743. The molecular formula is C10H10F3NO. The molecule has 1 aromatic rings. The average Bonchev–Trinajstić information content (AvgIpc) is 2.99. The molecule has 0 bridgehead atoms. The molecule has 0 aliphatic heterocycles. The Kier molecular flexibility index (Phi) is 2.22. The van der Waals surface area contributed by atoms with Crippen molar-refractivity contribution in [1.82, 2.24) is 4.98 Å². The lowest BCUT2D eigenvalue weighted by atomic mass is 9.92. The van der Waals surface area contributed by atoms with Crippen molar-refractivity contribution in [2.75, 3.05) is 0 Å². The lowest BCUT2D eigenvalue weighted by Crippen LogP contribution is -2.45. The Bertz CT molecular complexity index is 347. The van der Waals surface area contributed by atoms with Gasteiger partial charge in [0.2, 0.25) is 5.60 Å². The minimum absolute atomic E-state index is 0.306. The monoisotopic (exact) mass is 217 g/mol. The molecule has 0 spiro atoms. The van der Waals surface area contributed by atoms with Crippen LogP contribution in [0.1, 0.15) is 18.5 Å². The zero-order valence-electron chi connectivity index (χ0n) is 7.83. The van der Waals surface area contributed by atoms with Gasteiger partial charge in [-0.25, -0.2) is 0 Å². The number of hydrogen-bond acceptors (Lipinski definition) is 2. The Balaban J connectivity index is 2.44. The van der Waals surface area contributed by atoms with E-state index in [4.69, 9.17) is 0 Å². The molecule has 1 fully saturated rings. The summed E-state index contributed by atoms with van der Waals surface area (Å²) in [6.45, 7) is 0. The predicted molar refractivity (Wildman–Crippen MR) is 46.9 cm³/mol. The zero-order chi connectivity index (χ0) is 11.1. The molecule has 0 aromatic carbocycles. The van der Waals surface area contributed by atoms with E-state index in [0.29, 0.717) is 12.8 Å². The summed E-state index contributed by atoms with van der Waals surface area (Å²) in [5, 5.41) is 9.77. The van der Waals surface area contributed by atoms with Crippen molar-refractivity contribution in [3.63, 3.8) is 0 Å². The maximum atomic E-state index is 12.8. The van der Waals surface area contributed by atoms with E-state index >= 15 is 0 Å². The second-order valence-electron chi connectivity index (χ2n) is 3.75. The summed E-state index contributed by atoms with van der Waals surface area (Å²) < 4.78 is 38.4. The van der Waals surface area contributed by atoms with Gasteiger partial charge in [-0.2, -0.15) is 13.2 Å². The summed E-state index contributed by atoms with van der Waals surface area (Å²) in [6, 6.07) is 4.18. The van der Waals surface area contributed by atoms with E-state index in [1.807, 2.05) is 0 Å².